The van der Waals surface area contributed by atoms with Gasteiger partial charge in [-0.15, -0.1) is 0 Å². The van der Waals surface area contributed by atoms with Crippen LogP contribution in [-0.4, -0.2) is 20.4 Å². The van der Waals surface area contributed by atoms with Gasteiger partial charge in [0.05, 0.1) is 33.1 Å². The Morgan fingerprint density at radius 3 is 1.12 bits per heavy atom. The summed E-state index contributed by atoms with van der Waals surface area (Å²) in [5, 5.41) is 7.39. The fourth-order valence-corrected chi connectivity index (χ4v) is 13.2. The lowest BCUT2D eigenvalue weighted by Gasteiger charge is -2.44. The Balaban J connectivity index is 1.08. The standard InChI is InChI=1S/C69H48BN5/c1-43-29-34-48(35-30-43)71-59-39-33-45(3)41-54(59)70-55-42-50(38-40-60(55)72(49-36-31-44(2)32-37-49)62-28-16-27-61(71)66(62)70)75-58-26-15-12-23-53(58)65-68-63(51-21-10-13-24-56(51)73(68)46-17-6-4-7-18-46)67-64(69(65)75)52-22-11-14-25-57(52)74(67)47-19-8-5-9-20-47/h4-42H,1-3H3. The van der Waals surface area contributed by atoms with Crippen LogP contribution in [0.5, 0.6) is 0 Å². The molecule has 0 spiro atoms. The third-order valence-corrected chi connectivity index (χ3v) is 16.3. The summed E-state index contributed by atoms with van der Waals surface area (Å²) in [5.41, 5.74) is 25.2. The van der Waals surface area contributed by atoms with Crippen LogP contribution in [0.15, 0.2) is 237 Å². The maximum Gasteiger partial charge on any atom is 0.252 e. The van der Waals surface area contributed by atoms with Crippen molar-refractivity contribution in [2.45, 2.75) is 20.8 Å². The van der Waals surface area contributed by atoms with E-state index in [9.17, 15) is 0 Å². The summed E-state index contributed by atoms with van der Waals surface area (Å²) in [6.07, 6.45) is 0. The van der Waals surface area contributed by atoms with Gasteiger partial charge in [0.1, 0.15) is 0 Å². The zero-order valence-corrected chi connectivity index (χ0v) is 41.8. The van der Waals surface area contributed by atoms with E-state index < -0.39 is 0 Å². The first-order chi connectivity index (χ1) is 37.0. The molecule has 0 N–H and O–H groups in total. The summed E-state index contributed by atoms with van der Waals surface area (Å²) < 4.78 is 7.67. The van der Waals surface area contributed by atoms with Gasteiger partial charge in [-0.05, 0) is 140 Å². The van der Waals surface area contributed by atoms with Crippen LogP contribution in [0.4, 0.5) is 34.1 Å². The molecule has 0 amide bonds. The SMILES string of the molecule is Cc1ccc(N2c3ccc(C)cc3B3c4cc(-n5c6ccccc6c6c7c(c8ccccc8n7-c7ccccc7)c7c(c8ccccc8n7-c7ccccc7)c65)ccc4N(c4ccc(C)cc4)c4cccc2c43)cc1. The molecule has 0 aliphatic carbocycles. The lowest BCUT2D eigenvalue weighted by Crippen LogP contribution is -2.61. The van der Waals surface area contributed by atoms with Crippen LogP contribution < -0.4 is 26.2 Å². The largest absolute Gasteiger partial charge is 0.311 e. The van der Waals surface area contributed by atoms with Gasteiger partial charge in [0, 0.05) is 83.5 Å². The number of hydrogen-bond acceptors (Lipinski definition) is 2. The first-order valence-electron chi connectivity index (χ1n) is 26.1. The Hall–Kier alpha value is -9.52. The molecule has 6 heteroatoms. The van der Waals surface area contributed by atoms with Crippen molar-refractivity contribution in [3.63, 3.8) is 0 Å². The van der Waals surface area contributed by atoms with Gasteiger partial charge in [0.15, 0.2) is 0 Å². The molecule has 2 aliphatic heterocycles. The van der Waals surface area contributed by atoms with Gasteiger partial charge in [0.2, 0.25) is 0 Å². The van der Waals surface area contributed by atoms with E-state index in [1.54, 1.807) is 0 Å². The Bertz CT molecular complexity index is 4590. The number of aryl methyl sites for hydroxylation is 3. The molecular formula is C69H48BN5. The van der Waals surface area contributed by atoms with Gasteiger partial charge in [-0.3, -0.25) is 0 Å². The Labute approximate surface area is 435 Å². The Kier molecular flexibility index (Phi) is 8.82. The maximum absolute atomic E-state index is 2.61. The van der Waals surface area contributed by atoms with Crippen LogP contribution in [0.3, 0.4) is 0 Å². The predicted molar refractivity (Wildman–Crippen MR) is 318 cm³/mol. The van der Waals surface area contributed by atoms with E-state index in [2.05, 4.69) is 281 Å². The summed E-state index contributed by atoms with van der Waals surface area (Å²) >= 11 is 0. The van der Waals surface area contributed by atoms with Crippen LogP contribution in [0.1, 0.15) is 16.7 Å². The minimum Gasteiger partial charge on any atom is -0.311 e. The van der Waals surface area contributed by atoms with Crippen molar-refractivity contribution in [1.29, 1.82) is 0 Å². The lowest BCUT2D eigenvalue weighted by molar-refractivity contribution is 1.17. The van der Waals surface area contributed by atoms with E-state index in [0.717, 1.165) is 28.4 Å². The fourth-order valence-electron chi connectivity index (χ4n) is 13.2. The topological polar surface area (TPSA) is 21.3 Å². The minimum atomic E-state index is -0.0510. The highest BCUT2D eigenvalue weighted by atomic mass is 15.2. The zero-order valence-electron chi connectivity index (χ0n) is 41.8. The van der Waals surface area contributed by atoms with Crippen molar-refractivity contribution in [2.24, 2.45) is 0 Å². The van der Waals surface area contributed by atoms with Gasteiger partial charge in [-0.25, -0.2) is 0 Å². The second kappa shape index (κ2) is 15.7. The third-order valence-electron chi connectivity index (χ3n) is 16.3. The van der Waals surface area contributed by atoms with Crippen LogP contribution >= 0.6 is 0 Å². The molecule has 352 valence electrons. The van der Waals surface area contributed by atoms with E-state index in [4.69, 9.17) is 0 Å². The first kappa shape index (κ1) is 42.0. The van der Waals surface area contributed by atoms with Gasteiger partial charge in [0.25, 0.3) is 6.71 Å². The molecule has 16 rings (SSSR count). The summed E-state index contributed by atoms with van der Waals surface area (Å²) in [6, 6.07) is 88.5. The molecule has 5 nitrogen and oxygen atoms in total. The molecule has 14 aromatic rings. The summed E-state index contributed by atoms with van der Waals surface area (Å²) in [6.45, 7) is 6.53. The van der Waals surface area contributed by atoms with E-state index in [1.807, 2.05) is 0 Å². The average molecular weight is 958 g/mol. The molecule has 0 saturated heterocycles. The molecule has 2 aliphatic rings. The fraction of sp³-hybridized carbons (Fsp3) is 0.0435. The number of aromatic nitrogens is 3. The van der Waals surface area contributed by atoms with Gasteiger partial charge >= 0.3 is 0 Å². The molecular weight excluding hydrogens is 910 g/mol. The molecule has 75 heavy (non-hydrogen) atoms. The summed E-state index contributed by atoms with van der Waals surface area (Å²) in [4.78, 5) is 5.01. The van der Waals surface area contributed by atoms with Crippen molar-refractivity contribution < 1.29 is 0 Å². The van der Waals surface area contributed by atoms with Crippen molar-refractivity contribution in [3.05, 3.63) is 253 Å². The highest BCUT2D eigenvalue weighted by Gasteiger charge is 2.43. The number of anilines is 6. The van der Waals surface area contributed by atoms with Crippen LogP contribution in [0, 0.1) is 20.8 Å². The first-order valence-corrected chi connectivity index (χ1v) is 26.1. The molecule has 0 atom stereocenters. The predicted octanol–water partition coefficient (Wildman–Crippen LogP) is 16.0. The smallest absolute Gasteiger partial charge is 0.252 e. The van der Waals surface area contributed by atoms with Gasteiger partial charge in [-0.2, -0.15) is 0 Å². The van der Waals surface area contributed by atoms with Crippen LogP contribution in [-0.2, 0) is 0 Å². The van der Waals surface area contributed by atoms with E-state index >= 15 is 0 Å². The Morgan fingerprint density at radius 1 is 0.280 bits per heavy atom. The maximum atomic E-state index is 2.61. The highest BCUT2D eigenvalue weighted by Crippen LogP contribution is 2.51. The normalized spacial score (nSPS) is 12.9. The molecule has 0 unspecified atom stereocenters. The van der Waals surface area contributed by atoms with E-state index in [1.165, 1.54) is 121 Å². The second-order valence-corrected chi connectivity index (χ2v) is 20.7. The van der Waals surface area contributed by atoms with Crippen LogP contribution in [0.25, 0.3) is 82.5 Å². The van der Waals surface area contributed by atoms with Crippen molar-refractivity contribution in [2.75, 3.05) is 9.80 Å². The van der Waals surface area contributed by atoms with Crippen molar-refractivity contribution >= 4 is 123 Å². The number of para-hydroxylation sites is 5. The van der Waals surface area contributed by atoms with E-state index in [-0.39, 0.29) is 6.71 Å². The molecule has 0 radical (unpaired) electrons. The highest BCUT2D eigenvalue weighted by molar-refractivity contribution is 7.00. The Morgan fingerprint density at radius 2 is 0.653 bits per heavy atom. The summed E-state index contributed by atoms with van der Waals surface area (Å²) in [5.74, 6) is 0. The van der Waals surface area contributed by atoms with Crippen LogP contribution in [0.2, 0.25) is 0 Å². The summed E-state index contributed by atoms with van der Waals surface area (Å²) in [7, 11) is 0. The number of nitrogens with zero attached hydrogens (tertiary/aromatic N) is 5. The number of fused-ring (bicyclic) bond motifs is 16. The molecule has 3 aromatic heterocycles. The third kappa shape index (κ3) is 5.85. The molecule has 5 heterocycles. The monoisotopic (exact) mass is 957 g/mol. The molecule has 0 bridgehead atoms. The van der Waals surface area contributed by atoms with Gasteiger partial charge < -0.3 is 23.5 Å². The number of rotatable bonds is 5. The molecule has 0 fully saturated rings. The van der Waals surface area contributed by atoms with E-state index in [0.29, 0.717) is 0 Å². The van der Waals surface area contributed by atoms with Gasteiger partial charge in [-0.1, -0.05) is 150 Å². The zero-order chi connectivity index (χ0) is 49.6. The molecule has 0 saturated carbocycles. The van der Waals surface area contributed by atoms with Crippen molar-refractivity contribution in [3.8, 4) is 17.1 Å². The number of benzene rings is 11. The quantitative estimate of drug-likeness (QED) is 0.160. The number of hydrogen-bond donors (Lipinski definition) is 0. The van der Waals surface area contributed by atoms with Crippen molar-refractivity contribution in [1.82, 2.24) is 13.7 Å². The average Bonchev–Trinajstić information content (AvgIpc) is 4.12. The minimum absolute atomic E-state index is 0.0510. The molecule has 11 aromatic carbocycles. The lowest BCUT2D eigenvalue weighted by atomic mass is 9.33. The second-order valence-electron chi connectivity index (χ2n) is 20.7.